The van der Waals surface area contributed by atoms with Crippen LogP contribution in [-0.2, 0) is 4.79 Å². The lowest BCUT2D eigenvalue weighted by Gasteiger charge is -2.34. The van der Waals surface area contributed by atoms with Crippen LogP contribution in [0.25, 0.3) is 0 Å². The Morgan fingerprint density at radius 1 is 1.21 bits per heavy atom. The van der Waals surface area contributed by atoms with Crippen LogP contribution in [0.5, 0.6) is 0 Å². The molecule has 1 aliphatic rings. The summed E-state index contributed by atoms with van der Waals surface area (Å²) >= 11 is 0. The molecule has 0 saturated carbocycles. The van der Waals surface area contributed by atoms with Crippen LogP contribution in [0.15, 0.2) is 30.3 Å². The molecule has 2 rings (SSSR count). The van der Waals surface area contributed by atoms with Gasteiger partial charge < -0.3 is 10.6 Å². The first-order valence-electron chi connectivity index (χ1n) is 6.49. The zero-order chi connectivity index (χ0) is 13.7. The maximum Gasteiger partial charge on any atom is 0.218 e. The fourth-order valence-corrected chi connectivity index (χ4v) is 2.22. The van der Waals surface area contributed by atoms with Gasteiger partial charge in [-0.15, -0.1) is 0 Å². The smallest absolute Gasteiger partial charge is 0.218 e. The summed E-state index contributed by atoms with van der Waals surface area (Å²) in [4.78, 5) is 25.8. The van der Waals surface area contributed by atoms with Gasteiger partial charge in [-0.25, -0.2) is 0 Å². The molecule has 1 saturated heterocycles. The molecular formula is C14H19N3O2. The van der Waals surface area contributed by atoms with Crippen LogP contribution in [0.4, 0.5) is 0 Å². The third-order valence-corrected chi connectivity index (χ3v) is 3.16. The summed E-state index contributed by atoms with van der Waals surface area (Å²) in [5, 5.41) is 5.99. The second kappa shape index (κ2) is 6.45. The zero-order valence-corrected chi connectivity index (χ0v) is 11.1. The number of Topliss-reactive ketones (excluding diaryl/α,β-unsaturated/α-hetero) is 1. The number of carbonyl (C=O) groups is 2. The Bertz CT molecular complexity index is 441. The first kappa shape index (κ1) is 13.7. The first-order valence-corrected chi connectivity index (χ1v) is 6.49. The van der Waals surface area contributed by atoms with E-state index < -0.39 is 6.17 Å². The Kier molecular flexibility index (Phi) is 4.65. The maximum atomic E-state index is 12.5. The molecule has 1 aromatic carbocycles. The average Bonchev–Trinajstić information content (AvgIpc) is 2.46. The molecule has 1 heterocycles. The lowest BCUT2D eigenvalue weighted by molar-refractivity contribution is -0.120. The van der Waals surface area contributed by atoms with Crippen molar-refractivity contribution in [3.8, 4) is 0 Å². The van der Waals surface area contributed by atoms with Crippen molar-refractivity contribution in [2.75, 3.05) is 26.2 Å². The van der Waals surface area contributed by atoms with Gasteiger partial charge in [0.25, 0.3) is 0 Å². The fourth-order valence-electron chi connectivity index (χ4n) is 2.22. The van der Waals surface area contributed by atoms with E-state index in [1.165, 1.54) is 6.92 Å². The normalized spacial score (nSPS) is 17.7. The summed E-state index contributed by atoms with van der Waals surface area (Å²) in [6, 6.07) is 9.08. The largest absolute Gasteiger partial charge is 0.334 e. The van der Waals surface area contributed by atoms with E-state index in [9.17, 15) is 9.59 Å². The lowest BCUT2D eigenvalue weighted by atomic mass is 10.1. The highest BCUT2D eigenvalue weighted by Gasteiger charge is 2.28. The average molecular weight is 261 g/mol. The van der Waals surface area contributed by atoms with Crippen molar-refractivity contribution in [2.24, 2.45) is 0 Å². The summed E-state index contributed by atoms with van der Waals surface area (Å²) in [6.45, 7) is 4.61. The third-order valence-electron chi connectivity index (χ3n) is 3.16. The third kappa shape index (κ3) is 3.62. The zero-order valence-electron chi connectivity index (χ0n) is 11.1. The Morgan fingerprint density at radius 2 is 1.84 bits per heavy atom. The highest BCUT2D eigenvalue weighted by molar-refractivity contribution is 6.01. The predicted octanol–water partition coefficient (Wildman–Crippen LogP) is 0.237. The number of benzene rings is 1. The van der Waals surface area contributed by atoms with E-state index in [4.69, 9.17) is 0 Å². The molecule has 1 aliphatic heterocycles. The van der Waals surface area contributed by atoms with E-state index in [0.717, 1.165) is 26.2 Å². The number of piperazine rings is 1. The minimum atomic E-state index is -0.568. The molecule has 0 aliphatic carbocycles. The molecule has 1 aromatic rings. The van der Waals surface area contributed by atoms with Gasteiger partial charge in [0.1, 0.15) is 6.17 Å². The molecule has 1 amide bonds. The summed E-state index contributed by atoms with van der Waals surface area (Å²) < 4.78 is 0. The van der Waals surface area contributed by atoms with Crippen molar-refractivity contribution in [1.29, 1.82) is 0 Å². The van der Waals surface area contributed by atoms with Crippen molar-refractivity contribution >= 4 is 11.7 Å². The van der Waals surface area contributed by atoms with Gasteiger partial charge in [-0.05, 0) is 0 Å². The molecule has 0 radical (unpaired) electrons. The van der Waals surface area contributed by atoms with Crippen molar-refractivity contribution < 1.29 is 9.59 Å². The molecule has 1 fully saturated rings. The molecule has 102 valence electrons. The highest BCUT2D eigenvalue weighted by Crippen LogP contribution is 2.08. The van der Waals surface area contributed by atoms with E-state index in [0.29, 0.717) is 5.56 Å². The minimum Gasteiger partial charge on any atom is -0.334 e. The summed E-state index contributed by atoms with van der Waals surface area (Å²) in [6.07, 6.45) is -0.568. The minimum absolute atomic E-state index is 0.0577. The van der Waals surface area contributed by atoms with E-state index in [1.54, 1.807) is 12.1 Å². The Morgan fingerprint density at radius 3 is 2.42 bits per heavy atom. The van der Waals surface area contributed by atoms with Crippen LogP contribution in [0.3, 0.4) is 0 Å². The van der Waals surface area contributed by atoms with E-state index >= 15 is 0 Å². The Hall–Kier alpha value is -1.72. The molecule has 0 spiro atoms. The van der Waals surface area contributed by atoms with Gasteiger partial charge in [0.15, 0.2) is 5.78 Å². The molecule has 5 nitrogen and oxygen atoms in total. The number of rotatable bonds is 4. The number of carbonyl (C=O) groups excluding carboxylic acids is 2. The van der Waals surface area contributed by atoms with Gasteiger partial charge in [0, 0.05) is 38.7 Å². The summed E-state index contributed by atoms with van der Waals surface area (Å²) in [5.41, 5.74) is 0.625. The highest BCUT2D eigenvalue weighted by atomic mass is 16.2. The van der Waals surface area contributed by atoms with Gasteiger partial charge in [0.05, 0.1) is 0 Å². The monoisotopic (exact) mass is 261 g/mol. The number of amides is 1. The van der Waals surface area contributed by atoms with Crippen molar-refractivity contribution in [3.05, 3.63) is 35.9 Å². The first-order chi connectivity index (χ1) is 9.18. The SMILES string of the molecule is CC(=O)NC(C(=O)c1ccccc1)N1CCNCC1. The number of hydrogen-bond acceptors (Lipinski definition) is 4. The van der Waals surface area contributed by atoms with Crippen LogP contribution in [0.2, 0.25) is 0 Å². The number of nitrogens with zero attached hydrogens (tertiary/aromatic N) is 1. The molecule has 19 heavy (non-hydrogen) atoms. The second-order valence-corrected chi connectivity index (χ2v) is 4.62. The molecule has 1 unspecified atom stereocenters. The number of nitrogens with one attached hydrogen (secondary N) is 2. The predicted molar refractivity (Wildman–Crippen MR) is 72.8 cm³/mol. The Balaban J connectivity index is 2.16. The van der Waals surface area contributed by atoms with Crippen LogP contribution in [0, 0.1) is 0 Å². The molecule has 0 bridgehead atoms. The molecule has 5 heteroatoms. The number of hydrogen-bond donors (Lipinski definition) is 2. The van der Waals surface area contributed by atoms with Gasteiger partial charge in [-0.3, -0.25) is 14.5 Å². The van der Waals surface area contributed by atoms with Gasteiger partial charge in [-0.1, -0.05) is 30.3 Å². The maximum absolute atomic E-state index is 12.5. The topological polar surface area (TPSA) is 61.4 Å². The standard InChI is InChI=1S/C14H19N3O2/c1-11(18)16-14(17-9-7-15-8-10-17)13(19)12-5-3-2-4-6-12/h2-6,14-15H,7-10H2,1H3,(H,16,18). The van der Waals surface area contributed by atoms with E-state index in [-0.39, 0.29) is 11.7 Å². The molecule has 2 N–H and O–H groups in total. The van der Waals surface area contributed by atoms with Gasteiger partial charge in [0.2, 0.25) is 5.91 Å². The van der Waals surface area contributed by atoms with Crippen LogP contribution >= 0.6 is 0 Å². The van der Waals surface area contributed by atoms with Gasteiger partial charge in [-0.2, -0.15) is 0 Å². The second-order valence-electron chi connectivity index (χ2n) is 4.62. The lowest BCUT2D eigenvalue weighted by Crippen LogP contribution is -2.58. The van der Waals surface area contributed by atoms with Gasteiger partial charge >= 0.3 is 0 Å². The van der Waals surface area contributed by atoms with E-state index in [2.05, 4.69) is 10.6 Å². The summed E-state index contributed by atoms with van der Waals surface area (Å²) in [5.74, 6) is -0.245. The fraction of sp³-hybridized carbons (Fsp3) is 0.429. The van der Waals surface area contributed by atoms with Crippen molar-refractivity contribution in [3.63, 3.8) is 0 Å². The molecular weight excluding hydrogens is 242 g/mol. The van der Waals surface area contributed by atoms with Crippen LogP contribution < -0.4 is 10.6 Å². The van der Waals surface area contributed by atoms with Crippen LogP contribution in [-0.4, -0.2) is 48.9 Å². The quantitative estimate of drug-likeness (QED) is 0.762. The molecule has 1 atom stereocenters. The molecule has 0 aromatic heterocycles. The summed E-state index contributed by atoms with van der Waals surface area (Å²) in [7, 11) is 0. The number of ketones is 1. The Labute approximate surface area is 113 Å². The van der Waals surface area contributed by atoms with E-state index in [1.807, 2.05) is 23.1 Å². The van der Waals surface area contributed by atoms with Crippen molar-refractivity contribution in [2.45, 2.75) is 13.1 Å². The van der Waals surface area contributed by atoms with Crippen LogP contribution in [0.1, 0.15) is 17.3 Å². The van der Waals surface area contributed by atoms with Crippen molar-refractivity contribution in [1.82, 2.24) is 15.5 Å².